The monoisotopic (exact) mass is 226 g/mol. The lowest BCUT2D eigenvalue weighted by molar-refractivity contribution is 0.0918. The SMILES string of the molecule is CCCC(NC(=O)c1ccco1)C(N)=S. The molecule has 1 rings (SSSR count). The first-order valence-corrected chi connectivity index (χ1v) is 5.19. The third-order valence-electron chi connectivity index (χ3n) is 1.97. The van der Waals surface area contributed by atoms with Gasteiger partial charge in [-0.3, -0.25) is 4.79 Å². The second-order valence-electron chi connectivity index (χ2n) is 3.19. The van der Waals surface area contributed by atoms with Gasteiger partial charge in [-0.25, -0.2) is 0 Å². The van der Waals surface area contributed by atoms with Crippen LogP contribution < -0.4 is 11.1 Å². The van der Waals surface area contributed by atoms with Crippen LogP contribution in [0.25, 0.3) is 0 Å². The van der Waals surface area contributed by atoms with E-state index in [-0.39, 0.29) is 17.7 Å². The number of rotatable bonds is 5. The summed E-state index contributed by atoms with van der Waals surface area (Å²) in [6.07, 6.45) is 3.09. The molecule has 1 amide bonds. The van der Waals surface area contributed by atoms with E-state index < -0.39 is 0 Å². The zero-order chi connectivity index (χ0) is 11.3. The molecule has 0 aliphatic heterocycles. The second kappa shape index (κ2) is 5.50. The van der Waals surface area contributed by atoms with E-state index in [0.29, 0.717) is 4.99 Å². The van der Waals surface area contributed by atoms with E-state index in [2.05, 4.69) is 5.32 Å². The fourth-order valence-corrected chi connectivity index (χ4v) is 1.39. The molecule has 1 aromatic rings. The molecule has 0 aliphatic rings. The molecule has 82 valence electrons. The fraction of sp³-hybridized carbons (Fsp3) is 0.400. The van der Waals surface area contributed by atoms with Crippen molar-refractivity contribution in [3.63, 3.8) is 0 Å². The quantitative estimate of drug-likeness (QED) is 0.746. The first kappa shape index (κ1) is 11.7. The Hall–Kier alpha value is -1.36. The molecule has 4 nitrogen and oxygen atoms in total. The minimum absolute atomic E-state index is 0.261. The molecule has 1 unspecified atom stereocenters. The van der Waals surface area contributed by atoms with Crippen LogP contribution in [0.2, 0.25) is 0 Å². The third kappa shape index (κ3) is 3.36. The van der Waals surface area contributed by atoms with Crippen molar-refractivity contribution in [3.8, 4) is 0 Å². The average molecular weight is 226 g/mol. The summed E-state index contributed by atoms with van der Waals surface area (Å²) in [7, 11) is 0. The molecule has 0 bridgehead atoms. The van der Waals surface area contributed by atoms with Gasteiger partial charge < -0.3 is 15.5 Å². The molecule has 0 aromatic carbocycles. The normalized spacial score (nSPS) is 12.1. The van der Waals surface area contributed by atoms with Gasteiger partial charge in [0.1, 0.15) is 0 Å². The Labute approximate surface area is 93.8 Å². The van der Waals surface area contributed by atoms with E-state index in [9.17, 15) is 4.79 Å². The Bertz CT molecular complexity index is 335. The van der Waals surface area contributed by atoms with Crippen LogP contribution in [0, 0.1) is 0 Å². The van der Waals surface area contributed by atoms with Gasteiger partial charge in [-0.05, 0) is 18.6 Å². The minimum Gasteiger partial charge on any atom is -0.459 e. The molecule has 0 radical (unpaired) electrons. The third-order valence-corrected chi connectivity index (χ3v) is 2.26. The standard InChI is InChI=1S/C10H14N2O2S/c1-2-4-7(9(11)15)12-10(13)8-5-3-6-14-8/h3,5-7H,2,4H2,1H3,(H2,11,15)(H,12,13). The number of carbonyl (C=O) groups is 1. The molecule has 15 heavy (non-hydrogen) atoms. The first-order valence-electron chi connectivity index (χ1n) is 4.78. The molecule has 1 heterocycles. The molecule has 5 heteroatoms. The van der Waals surface area contributed by atoms with Crippen molar-refractivity contribution in [1.82, 2.24) is 5.32 Å². The smallest absolute Gasteiger partial charge is 0.287 e. The van der Waals surface area contributed by atoms with Crippen LogP contribution >= 0.6 is 12.2 Å². The van der Waals surface area contributed by atoms with Crippen molar-refractivity contribution < 1.29 is 9.21 Å². The van der Waals surface area contributed by atoms with Gasteiger partial charge in [-0.15, -0.1) is 0 Å². The number of carbonyl (C=O) groups excluding carboxylic acids is 1. The molecule has 1 atom stereocenters. The van der Waals surface area contributed by atoms with Gasteiger partial charge in [0.05, 0.1) is 17.3 Å². The lowest BCUT2D eigenvalue weighted by atomic mass is 10.1. The number of furan rings is 1. The van der Waals surface area contributed by atoms with E-state index in [1.165, 1.54) is 6.26 Å². The summed E-state index contributed by atoms with van der Waals surface area (Å²) < 4.78 is 4.96. The Balaban J connectivity index is 2.59. The molecule has 0 fully saturated rings. The van der Waals surface area contributed by atoms with Crippen molar-refractivity contribution in [2.75, 3.05) is 0 Å². The van der Waals surface area contributed by atoms with Crippen LogP contribution in [0.1, 0.15) is 30.3 Å². The predicted octanol–water partition coefficient (Wildman–Crippen LogP) is 1.46. The molecule has 0 aliphatic carbocycles. The average Bonchev–Trinajstić information content (AvgIpc) is 2.69. The maximum atomic E-state index is 11.6. The summed E-state index contributed by atoms with van der Waals surface area (Å²) in [6.45, 7) is 2.00. The predicted molar refractivity (Wildman–Crippen MR) is 61.7 cm³/mol. The Morgan fingerprint density at radius 1 is 1.73 bits per heavy atom. The van der Waals surface area contributed by atoms with Crippen LogP contribution in [0.5, 0.6) is 0 Å². The van der Waals surface area contributed by atoms with Crippen LogP contribution in [0.15, 0.2) is 22.8 Å². The van der Waals surface area contributed by atoms with E-state index in [1.807, 2.05) is 6.92 Å². The van der Waals surface area contributed by atoms with Gasteiger partial charge in [0.2, 0.25) is 0 Å². The largest absolute Gasteiger partial charge is 0.459 e. The fourth-order valence-electron chi connectivity index (χ4n) is 1.21. The number of thiocarbonyl (C=S) groups is 1. The van der Waals surface area contributed by atoms with Crippen LogP contribution in [0.3, 0.4) is 0 Å². The molecule has 0 spiro atoms. The Morgan fingerprint density at radius 3 is 2.93 bits per heavy atom. The van der Waals surface area contributed by atoms with Gasteiger partial charge in [-0.2, -0.15) is 0 Å². The van der Waals surface area contributed by atoms with Crippen LogP contribution in [0.4, 0.5) is 0 Å². The molecule has 0 saturated carbocycles. The maximum absolute atomic E-state index is 11.6. The lowest BCUT2D eigenvalue weighted by Crippen LogP contribution is -2.43. The van der Waals surface area contributed by atoms with E-state index in [4.69, 9.17) is 22.4 Å². The minimum atomic E-state index is -0.286. The van der Waals surface area contributed by atoms with Gasteiger partial charge in [-0.1, -0.05) is 25.6 Å². The first-order chi connectivity index (χ1) is 7.15. The lowest BCUT2D eigenvalue weighted by Gasteiger charge is -2.15. The van der Waals surface area contributed by atoms with Gasteiger partial charge in [0.15, 0.2) is 5.76 Å². The molecule has 1 aromatic heterocycles. The molecule has 3 N–H and O–H groups in total. The van der Waals surface area contributed by atoms with Crippen molar-refractivity contribution in [2.45, 2.75) is 25.8 Å². The Kier molecular flexibility index (Phi) is 4.30. The summed E-state index contributed by atoms with van der Waals surface area (Å²) in [6, 6.07) is 2.99. The van der Waals surface area contributed by atoms with Gasteiger partial charge in [0.25, 0.3) is 5.91 Å². The maximum Gasteiger partial charge on any atom is 0.287 e. The number of hydrogen-bond donors (Lipinski definition) is 2. The number of nitrogens with one attached hydrogen (secondary N) is 1. The molecular weight excluding hydrogens is 212 g/mol. The summed E-state index contributed by atoms with van der Waals surface area (Å²) in [5.74, 6) is -0.0152. The highest BCUT2D eigenvalue weighted by Gasteiger charge is 2.16. The number of nitrogens with two attached hydrogens (primary N) is 1. The van der Waals surface area contributed by atoms with Crippen molar-refractivity contribution >= 4 is 23.1 Å². The summed E-state index contributed by atoms with van der Waals surface area (Å²) in [5.41, 5.74) is 5.51. The molecular formula is C10H14N2O2S. The Morgan fingerprint density at radius 2 is 2.47 bits per heavy atom. The molecule has 0 saturated heterocycles. The van der Waals surface area contributed by atoms with Crippen molar-refractivity contribution in [2.24, 2.45) is 5.73 Å². The zero-order valence-corrected chi connectivity index (χ0v) is 9.34. The second-order valence-corrected chi connectivity index (χ2v) is 3.67. The van der Waals surface area contributed by atoms with E-state index >= 15 is 0 Å². The summed E-state index contributed by atoms with van der Waals surface area (Å²) >= 11 is 4.86. The number of hydrogen-bond acceptors (Lipinski definition) is 3. The van der Waals surface area contributed by atoms with Crippen LogP contribution in [-0.2, 0) is 0 Å². The van der Waals surface area contributed by atoms with Crippen molar-refractivity contribution in [1.29, 1.82) is 0 Å². The summed E-state index contributed by atoms with van der Waals surface area (Å²) in [4.78, 5) is 11.9. The van der Waals surface area contributed by atoms with E-state index in [1.54, 1.807) is 12.1 Å². The van der Waals surface area contributed by atoms with Gasteiger partial charge in [0, 0.05) is 0 Å². The summed E-state index contributed by atoms with van der Waals surface area (Å²) in [5, 5.41) is 2.72. The highest BCUT2D eigenvalue weighted by Crippen LogP contribution is 2.03. The number of amides is 1. The zero-order valence-electron chi connectivity index (χ0n) is 8.53. The topological polar surface area (TPSA) is 68.3 Å². The van der Waals surface area contributed by atoms with Crippen LogP contribution in [-0.4, -0.2) is 16.9 Å². The highest BCUT2D eigenvalue weighted by molar-refractivity contribution is 7.80. The van der Waals surface area contributed by atoms with Gasteiger partial charge >= 0.3 is 0 Å². The van der Waals surface area contributed by atoms with E-state index in [0.717, 1.165) is 12.8 Å². The highest BCUT2D eigenvalue weighted by atomic mass is 32.1. The van der Waals surface area contributed by atoms with Crippen molar-refractivity contribution in [3.05, 3.63) is 24.2 Å².